The molecule has 0 spiro atoms. The van der Waals surface area contributed by atoms with Gasteiger partial charge in [0, 0.05) is 43.4 Å². The summed E-state index contributed by atoms with van der Waals surface area (Å²) in [7, 11) is 1.77. The molecule has 0 saturated carbocycles. The highest BCUT2D eigenvalue weighted by atomic mass is 19.1. The van der Waals surface area contributed by atoms with Gasteiger partial charge in [-0.1, -0.05) is 0 Å². The van der Waals surface area contributed by atoms with E-state index in [1.165, 1.54) is 12.1 Å². The van der Waals surface area contributed by atoms with Crippen molar-refractivity contribution in [2.75, 3.05) is 13.2 Å². The summed E-state index contributed by atoms with van der Waals surface area (Å²) in [5.74, 6) is 0.0430. The Kier molecular flexibility index (Phi) is 4.66. The Hall–Kier alpha value is -2.60. The number of furan rings is 1. The van der Waals surface area contributed by atoms with Gasteiger partial charge >= 0.3 is 0 Å². The van der Waals surface area contributed by atoms with Crippen molar-refractivity contribution < 1.29 is 18.7 Å². The molecule has 1 atom stereocenters. The zero-order valence-corrected chi connectivity index (χ0v) is 13.3. The van der Waals surface area contributed by atoms with Gasteiger partial charge in [0.2, 0.25) is 0 Å². The summed E-state index contributed by atoms with van der Waals surface area (Å²) >= 11 is 0. The second kappa shape index (κ2) is 6.88. The average molecular weight is 330 g/mol. The first-order chi connectivity index (χ1) is 11.6. The highest BCUT2D eigenvalue weighted by molar-refractivity contribution is 5.98. The molecule has 0 bridgehead atoms. The van der Waals surface area contributed by atoms with Crippen LogP contribution >= 0.6 is 0 Å². The number of nitrogens with zero attached hydrogens (tertiary/aromatic N) is 1. The van der Waals surface area contributed by atoms with E-state index in [4.69, 9.17) is 4.42 Å². The molecule has 2 aromatic heterocycles. The summed E-state index contributed by atoms with van der Waals surface area (Å²) in [5, 5.41) is 13.0. The first kappa shape index (κ1) is 16.3. The van der Waals surface area contributed by atoms with Gasteiger partial charge in [0.15, 0.2) is 0 Å². The number of aliphatic hydroxyl groups is 1. The van der Waals surface area contributed by atoms with Crippen molar-refractivity contribution in [2.24, 2.45) is 13.0 Å². The highest BCUT2D eigenvalue weighted by Crippen LogP contribution is 2.20. The summed E-state index contributed by atoms with van der Waals surface area (Å²) in [6.45, 7) is 0.271. The molecule has 0 aliphatic carbocycles. The Balaban J connectivity index is 1.69. The molecule has 24 heavy (non-hydrogen) atoms. The number of benzene rings is 1. The average Bonchev–Trinajstić information content (AvgIpc) is 3.19. The number of hydrogen-bond acceptors (Lipinski definition) is 3. The number of nitrogens with one attached hydrogen (secondary N) is 1. The largest absolute Gasteiger partial charge is 0.469 e. The fraction of sp³-hybridized carbons (Fsp3) is 0.278. The number of amides is 1. The topological polar surface area (TPSA) is 67.4 Å². The maximum Gasteiger partial charge on any atom is 0.267 e. The van der Waals surface area contributed by atoms with Gasteiger partial charge in [-0.05, 0) is 36.4 Å². The van der Waals surface area contributed by atoms with Crippen LogP contribution in [0.5, 0.6) is 0 Å². The molecule has 2 heterocycles. The lowest BCUT2D eigenvalue weighted by molar-refractivity contribution is 0.0931. The molecule has 0 unspecified atom stereocenters. The van der Waals surface area contributed by atoms with Crippen molar-refractivity contribution in [1.29, 1.82) is 0 Å². The fourth-order valence-corrected chi connectivity index (χ4v) is 2.78. The number of aliphatic hydroxyl groups excluding tert-OH is 1. The third kappa shape index (κ3) is 3.33. The summed E-state index contributed by atoms with van der Waals surface area (Å²) in [5.41, 5.74) is 1.24. The van der Waals surface area contributed by atoms with Gasteiger partial charge in [-0.15, -0.1) is 0 Å². The number of carbonyl (C=O) groups excluding carboxylic acids is 1. The number of fused-ring (bicyclic) bond motifs is 1. The van der Waals surface area contributed by atoms with Crippen molar-refractivity contribution in [3.63, 3.8) is 0 Å². The molecule has 0 aliphatic heterocycles. The van der Waals surface area contributed by atoms with Crippen molar-refractivity contribution in [3.05, 3.63) is 59.9 Å². The van der Waals surface area contributed by atoms with Crippen molar-refractivity contribution in [2.45, 2.75) is 6.42 Å². The Bertz CT molecular complexity index is 839. The predicted octanol–water partition coefficient (Wildman–Crippen LogP) is 2.49. The third-order valence-electron chi connectivity index (χ3n) is 4.12. The molecule has 2 N–H and O–H groups in total. The lowest BCUT2D eigenvalue weighted by Crippen LogP contribution is -2.32. The van der Waals surface area contributed by atoms with Gasteiger partial charge < -0.3 is 19.4 Å². The van der Waals surface area contributed by atoms with Gasteiger partial charge in [0.1, 0.15) is 17.3 Å². The fourth-order valence-electron chi connectivity index (χ4n) is 2.78. The van der Waals surface area contributed by atoms with Crippen LogP contribution in [-0.2, 0) is 13.5 Å². The molecular formula is C18H19FN2O3. The van der Waals surface area contributed by atoms with E-state index in [9.17, 15) is 14.3 Å². The zero-order chi connectivity index (χ0) is 17.1. The molecule has 5 nitrogen and oxygen atoms in total. The molecule has 126 valence electrons. The van der Waals surface area contributed by atoms with Crippen LogP contribution in [0, 0.1) is 11.7 Å². The molecule has 0 radical (unpaired) electrons. The number of aromatic nitrogens is 1. The van der Waals surface area contributed by atoms with E-state index in [0.29, 0.717) is 24.0 Å². The molecule has 1 amide bonds. The standard InChI is InChI=1S/C18H19FN2O3/c1-21-16-5-4-14(19)8-13(16)9-17(21)18(23)20-10-12(11-22)7-15-3-2-6-24-15/h2-6,8-9,12,22H,7,10-11H2,1H3,(H,20,23)/t12-/m0/s1. The molecule has 1 aromatic carbocycles. The molecule has 0 fully saturated rings. The first-order valence-electron chi connectivity index (χ1n) is 7.75. The predicted molar refractivity (Wildman–Crippen MR) is 88.2 cm³/mol. The van der Waals surface area contributed by atoms with E-state index in [2.05, 4.69) is 5.32 Å². The van der Waals surface area contributed by atoms with Crippen molar-refractivity contribution in [1.82, 2.24) is 9.88 Å². The van der Waals surface area contributed by atoms with Crippen molar-refractivity contribution >= 4 is 16.8 Å². The van der Waals surface area contributed by atoms with Crippen LogP contribution in [0.1, 0.15) is 16.2 Å². The smallest absolute Gasteiger partial charge is 0.267 e. The van der Waals surface area contributed by atoms with E-state index in [-0.39, 0.29) is 24.2 Å². The Morgan fingerprint density at radius 2 is 2.21 bits per heavy atom. The SMILES string of the molecule is Cn1c(C(=O)NC[C@@H](CO)Cc2ccco2)cc2cc(F)ccc21. The van der Waals surface area contributed by atoms with E-state index in [0.717, 1.165) is 11.3 Å². The lowest BCUT2D eigenvalue weighted by atomic mass is 10.1. The van der Waals surface area contributed by atoms with E-state index < -0.39 is 0 Å². The molecule has 0 saturated heterocycles. The first-order valence-corrected chi connectivity index (χ1v) is 7.75. The number of rotatable bonds is 6. The van der Waals surface area contributed by atoms with Crippen LogP contribution in [0.2, 0.25) is 0 Å². The minimum Gasteiger partial charge on any atom is -0.469 e. The van der Waals surface area contributed by atoms with Crippen LogP contribution in [0.15, 0.2) is 47.1 Å². The second-order valence-electron chi connectivity index (χ2n) is 5.83. The number of hydrogen-bond donors (Lipinski definition) is 2. The Morgan fingerprint density at radius 1 is 1.38 bits per heavy atom. The second-order valence-corrected chi connectivity index (χ2v) is 5.83. The Morgan fingerprint density at radius 3 is 2.92 bits per heavy atom. The normalized spacial score (nSPS) is 12.5. The minimum atomic E-state index is -0.334. The summed E-state index contributed by atoms with van der Waals surface area (Å²) in [6.07, 6.45) is 2.13. The monoisotopic (exact) mass is 330 g/mol. The van der Waals surface area contributed by atoms with Crippen LogP contribution in [-0.4, -0.2) is 28.7 Å². The van der Waals surface area contributed by atoms with E-state index >= 15 is 0 Å². The van der Waals surface area contributed by atoms with E-state index in [1.807, 2.05) is 6.07 Å². The highest BCUT2D eigenvalue weighted by Gasteiger charge is 2.16. The Labute approximate surface area is 138 Å². The maximum atomic E-state index is 13.3. The maximum absolute atomic E-state index is 13.3. The molecule has 6 heteroatoms. The van der Waals surface area contributed by atoms with Gasteiger partial charge in [0.25, 0.3) is 5.91 Å². The van der Waals surface area contributed by atoms with E-state index in [1.54, 1.807) is 36.1 Å². The molecule has 3 aromatic rings. The summed E-state index contributed by atoms with van der Waals surface area (Å²) in [4.78, 5) is 12.4. The quantitative estimate of drug-likeness (QED) is 0.730. The zero-order valence-electron chi connectivity index (χ0n) is 13.3. The van der Waals surface area contributed by atoms with Gasteiger partial charge in [-0.3, -0.25) is 4.79 Å². The van der Waals surface area contributed by atoms with Gasteiger partial charge in [-0.25, -0.2) is 4.39 Å². The van der Waals surface area contributed by atoms with Crippen LogP contribution < -0.4 is 5.32 Å². The van der Waals surface area contributed by atoms with Crippen molar-refractivity contribution in [3.8, 4) is 0 Å². The molecular weight excluding hydrogens is 311 g/mol. The third-order valence-corrected chi connectivity index (χ3v) is 4.12. The molecule has 0 aliphatic rings. The summed E-state index contributed by atoms with van der Waals surface area (Å²) < 4.78 is 20.3. The number of halogens is 1. The van der Waals surface area contributed by atoms with Crippen LogP contribution in [0.25, 0.3) is 10.9 Å². The van der Waals surface area contributed by atoms with Crippen LogP contribution in [0.3, 0.4) is 0 Å². The molecule has 3 rings (SSSR count). The number of carbonyl (C=O) groups is 1. The lowest BCUT2D eigenvalue weighted by Gasteiger charge is -2.14. The van der Waals surface area contributed by atoms with Gasteiger partial charge in [-0.2, -0.15) is 0 Å². The minimum absolute atomic E-state index is 0.0543. The summed E-state index contributed by atoms with van der Waals surface area (Å²) in [6, 6.07) is 9.71. The van der Waals surface area contributed by atoms with Gasteiger partial charge in [0.05, 0.1) is 6.26 Å². The van der Waals surface area contributed by atoms with Crippen LogP contribution in [0.4, 0.5) is 4.39 Å². The number of aryl methyl sites for hydroxylation is 1.